The van der Waals surface area contributed by atoms with E-state index in [1.165, 1.54) is 231 Å². The van der Waals surface area contributed by atoms with E-state index in [9.17, 15) is 19.0 Å². The molecule has 0 saturated carbocycles. The molecule has 81 heavy (non-hydrogen) atoms. The van der Waals surface area contributed by atoms with E-state index in [1.54, 1.807) is 0 Å². The van der Waals surface area contributed by atoms with Gasteiger partial charge in [0.1, 0.15) is 6.61 Å². The predicted molar refractivity (Wildman–Crippen MR) is 349 cm³/mol. The lowest BCUT2D eigenvalue weighted by molar-refractivity contribution is -0.161. The van der Waals surface area contributed by atoms with Crippen molar-refractivity contribution in [2.75, 3.05) is 26.4 Å². The molecule has 0 aromatic carbocycles. The van der Waals surface area contributed by atoms with E-state index in [1.807, 2.05) is 0 Å². The predicted octanol–water partition coefficient (Wildman–Crippen LogP) is 22.4. The summed E-state index contributed by atoms with van der Waals surface area (Å²) in [6.07, 6.45) is 87.1. The van der Waals surface area contributed by atoms with Crippen molar-refractivity contribution in [3.05, 3.63) is 72.9 Å². The van der Waals surface area contributed by atoms with Gasteiger partial charge in [0.15, 0.2) is 6.10 Å². The molecular formula is C71H130NO8P. The molecule has 0 fully saturated rings. The molecule has 10 heteroatoms. The highest BCUT2D eigenvalue weighted by Crippen LogP contribution is 2.43. The van der Waals surface area contributed by atoms with Crippen LogP contribution in [0.25, 0.3) is 0 Å². The van der Waals surface area contributed by atoms with Crippen LogP contribution in [0.3, 0.4) is 0 Å². The summed E-state index contributed by atoms with van der Waals surface area (Å²) in [6.45, 7) is 3.67. The van der Waals surface area contributed by atoms with Crippen LogP contribution in [0.5, 0.6) is 0 Å². The third kappa shape index (κ3) is 66.5. The second-order valence-electron chi connectivity index (χ2n) is 23.0. The van der Waals surface area contributed by atoms with Crippen molar-refractivity contribution < 1.29 is 37.6 Å². The van der Waals surface area contributed by atoms with E-state index in [4.69, 9.17) is 24.3 Å². The number of phosphoric ester groups is 1. The first-order chi connectivity index (χ1) is 39.8. The van der Waals surface area contributed by atoms with Crippen LogP contribution in [0.2, 0.25) is 0 Å². The number of hydrogen-bond acceptors (Lipinski definition) is 8. The number of unbranched alkanes of at least 4 members (excludes halogenated alkanes) is 40. The van der Waals surface area contributed by atoms with Gasteiger partial charge in [-0.2, -0.15) is 0 Å². The van der Waals surface area contributed by atoms with Crippen molar-refractivity contribution in [1.82, 2.24) is 0 Å². The first-order valence-electron chi connectivity index (χ1n) is 34.4. The van der Waals surface area contributed by atoms with Crippen molar-refractivity contribution in [2.45, 2.75) is 341 Å². The standard InChI is InChI=1S/C71H130NO8P/c1-3-5-7-9-11-13-15-17-19-21-23-25-27-29-31-33-34-36-37-39-41-43-45-47-49-51-53-55-57-59-61-63-70(73)77-67-69(68-79-81(75,76)78-66-65-72)80-71(74)64-62-60-58-56-54-52-50-48-46-44-42-40-38-35-32-30-28-26-24-22-20-18-16-14-12-10-8-6-4-2/h6,8,12,14-15,17-18,20-21,23-24,26,69H,3-5,7,9-11,13,16,19,22,25,27-68,72H2,1-2H3,(H,75,76)/b8-6-,14-12-,17-15-,20-18-,23-21-,26-24-. The Morgan fingerprint density at radius 1 is 0.383 bits per heavy atom. The van der Waals surface area contributed by atoms with Crippen molar-refractivity contribution in [3.8, 4) is 0 Å². The summed E-state index contributed by atoms with van der Waals surface area (Å²) in [5.74, 6) is -0.813. The van der Waals surface area contributed by atoms with Gasteiger partial charge in [0, 0.05) is 19.4 Å². The molecule has 2 atom stereocenters. The Bertz CT molecular complexity index is 1560. The smallest absolute Gasteiger partial charge is 0.462 e. The fourth-order valence-corrected chi connectivity index (χ4v) is 10.8. The number of carbonyl (C=O) groups is 2. The Kier molecular flexibility index (Phi) is 64.5. The van der Waals surface area contributed by atoms with Gasteiger partial charge in [-0.3, -0.25) is 18.6 Å². The molecule has 0 heterocycles. The second-order valence-corrected chi connectivity index (χ2v) is 24.5. The van der Waals surface area contributed by atoms with Crippen LogP contribution >= 0.6 is 7.82 Å². The molecular weight excluding hydrogens is 1030 g/mol. The third-order valence-corrected chi connectivity index (χ3v) is 16.1. The van der Waals surface area contributed by atoms with Crippen LogP contribution in [0.15, 0.2) is 72.9 Å². The van der Waals surface area contributed by atoms with Crippen LogP contribution < -0.4 is 5.73 Å². The van der Waals surface area contributed by atoms with Gasteiger partial charge in [-0.1, -0.05) is 311 Å². The molecule has 0 bridgehead atoms. The molecule has 0 spiro atoms. The number of carbonyl (C=O) groups excluding carboxylic acids is 2. The van der Waals surface area contributed by atoms with Gasteiger partial charge >= 0.3 is 19.8 Å². The summed E-state index contributed by atoms with van der Waals surface area (Å²) in [7, 11) is -4.39. The maximum atomic E-state index is 12.8. The Morgan fingerprint density at radius 2 is 0.679 bits per heavy atom. The zero-order chi connectivity index (χ0) is 58.7. The topological polar surface area (TPSA) is 134 Å². The average Bonchev–Trinajstić information content (AvgIpc) is 3.46. The van der Waals surface area contributed by atoms with E-state index in [0.29, 0.717) is 6.42 Å². The summed E-state index contributed by atoms with van der Waals surface area (Å²) in [5.41, 5.74) is 5.40. The summed E-state index contributed by atoms with van der Waals surface area (Å²) in [6, 6.07) is 0. The number of hydrogen-bond donors (Lipinski definition) is 2. The largest absolute Gasteiger partial charge is 0.472 e. The molecule has 472 valence electrons. The van der Waals surface area contributed by atoms with Crippen molar-refractivity contribution >= 4 is 19.8 Å². The minimum atomic E-state index is -4.39. The Labute approximate surface area is 501 Å². The number of allylic oxidation sites excluding steroid dienone is 12. The van der Waals surface area contributed by atoms with E-state index >= 15 is 0 Å². The maximum Gasteiger partial charge on any atom is 0.472 e. The quantitative estimate of drug-likeness (QED) is 0.0264. The van der Waals surface area contributed by atoms with Gasteiger partial charge in [-0.15, -0.1) is 0 Å². The molecule has 0 rings (SSSR count). The van der Waals surface area contributed by atoms with Crippen LogP contribution in [-0.2, 0) is 32.7 Å². The van der Waals surface area contributed by atoms with E-state index < -0.39 is 26.5 Å². The highest BCUT2D eigenvalue weighted by Gasteiger charge is 2.26. The summed E-state index contributed by atoms with van der Waals surface area (Å²) < 4.78 is 33.2. The van der Waals surface area contributed by atoms with Gasteiger partial charge in [-0.25, -0.2) is 4.57 Å². The lowest BCUT2D eigenvalue weighted by Crippen LogP contribution is -2.29. The minimum Gasteiger partial charge on any atom is -0.462 e. The van der Waals surface area contributed by atoms with Crippen molar-refractivity contribution in [3.63, 3.8) is 0 Å². The van der Waals surface area contributed by atoms with Crippen LogP contribution in [0, 0.1) is 0 Å². The number of esters is 2. The first-order valence-corrected chi connectivity index (χ1v) is 35.9. The molecule has 0 saturated heterocycles. The fourth-order valence-electron chi connectivity index (χ4n) is 10.0. The molecule has 0 radical (unpaired) electrons. The lowest BCUT2D eigenvalue weighted by Gasteiger charge is -2.19. The second kappa shape index (κ2) is 66.6. The molecule has 0 amide bonds. The van der Waals surface area contributed by atoms with Gasteiger partial charge in [-0.05, 0) is 83.5 Å². The molecule has 2 unspecified atom stereocenters. The van der Waals surface area contributed by atoms with Gasteiger partial charge < -0.3 is 20.1 Å². The van der Waals surface area contributed by atoms with Gasteiger partial charge in [0.2, 0.25) is 0 Å². The first kappa shape index (κ1) is 78.5. The fraction of sp³-hybridized carbons (Fsp3) is 0.803. The molecule has 3 N–H and O–H groups in total. The highest BCUT2D eigenvalue weighted by atomic mass is 31.2. The lowest BCUT2D eigenvalue weighted by atomic mass is 10.0. The Morgan fingerprint density at radius 3 is 1.01 bits per heavy atom. The molecule has 0 aliphatic rings. The van der Waals surface area contributed by atoms with Crippen LogP contribution in [0.4, 0.5) is 0 Å². The van der Waals surface area contributed by atoms with Crippen LogP contribution in [0.1, 0.15) is 335 Å². The van der Waals surface area contributed by atoms with Crippen LogP contribution in [-0.4, -0.2) is 49.3 Å². The summed E-state index contributed by atoms with van der Waals surface area (Å²) >= 11 is 0. The molecule has 9 nitrogen and oxygen atoms in total. The van der Waals surface area contributed by atoms with Crippen molar-refractivity contribution in [2.24, 2.45) is 5.73 Å². The van der Waals surface area contributed by atoms with Gasteiger partial charge in [0.05, 0.1) is 13.2 Å². The number of rotatable bonds is 65. The SMILES string of the molecule is CC/C=C\C/C=C\C/C=C\C/C=C\CCCCCCCCCCCCCCCCCCC(=O)OC(COC(=O)CCCCCCCCCCCCCCCCCCCCC/C=C\C/C=C\CCCCCCC)COP(=O)(O)OCCN. The Balaban J connectivity index is 3.85. The average molecular weight is 1160 g/mol. The van der Waals surface area contributed by atoms with Crippen molar-refractivity contribution in [1.29, 1.82) is 0 Å². The normalized spacial score (nSPS) is 13.4. The highest BCUT2D eigenvalue weighted by molar-refractivity contribution is 7.47. The summed E-state index contributed by atoms with van der Waals surface area (Å²) in [5, 5.41) is 0. The zero-order valence-electron chi connectivity index (χ0n) is 53.0. The van der Waals surface area contributed by atoms with E-state index in [2.05, 4.69) is 86.8 Å². The zero-order valence-corrected chi connectivity index (χ0v) is 53.9. The number of ether oxygens (including phenoxy) is 2. The summed E-state index contributed by atoms with van der Waals surface area (Å²) in [4.78, 5) is 35.4. The van der Waals surface area contributed by atoms with E-state index in [0.717, 1.165) is 70.6 Å². The monoisotopic (exact) mass is 1160 g/mol. The maximum absolute atomic E-state index is 12.8. The minimum absolute atomic E-state index is 0.0533. The number of nitrogens with two attached hydrogens (primary N) is 1. The molecule has 0 aromatic heterocycles. The third-order valence-electron chi connectivity index (χ3n) is 15.1. The van der Waals surface area contributed by atoms with Gasteiger partial charge in [0.25, 0.3) is 0 Å². The van der Waals surface area contributed by atoms with E-state index in [-0.39, 0.29) is 38.6 Å². The Hall–Kier alpha value is -2.55. The molecule has 0 aliphatic carbocycles. The molecule has 0 aromatic rings. The molecule has 0 aliphatic heterocycles. The number of phosphoric acid groups is 1.